The fourth-order valence-corrected chi connectivity index (χ4v) is 1.84. The molecule has 18 heavy (non-hydrogen) atoms. The Bertz CT molecular complexity index is 567. The molecule has 0 unspecified atom stereocenters. The number of alkyl halides is 3. The highest BCUT2D eigenvalue weighted by Crippen LogP contribution is 2.33. The van der Waals surface area contributed by atoms with Crippen LogP contribution < -0.4 is 0 Å². The lowest BCUT2D eigenvalue weighted by molar-refractivity contribution is -0.139. The van der Waals surface area contributed by atoms with E-state index in [1.807, 2.05) is 0 Å². The summed E-state index contributed by atoms with van der Waals surface area (Å²) in [4.78, 5) is 3.84. The summed E-state index contributed by atoms with van der Waals surface area (Å²) >= 11 is 0.904. The molecule has 0 atom stereocenters. The summed E-state index contributed by atoms with van der Waals surface area (Å²) in [5, 5.41) is 9.10. The number of benzene rings is 1. The van der Waals surface area contributed by atoms with E-state index in [0.717, 1.165) is 23.7 Å². The van der Waals surface area contributed by atoms with Gasteiger partial charge in [0.1, 0.15) is 10.8 Å². The molecule has 1 aromatic heterocycles. The monoisotopic (exact) mass is 278 g/mol. The molecule has 0 aliphatic heterocycles. The normalized spacial score (nSPS) is 11.8. The zero-order chi connectivity index (χ0) is 13.3. The minimum absolute atomic E-state index is 0.0941. The van der Waals surface area contributed by atoms with Crippen LogP contribution in [-0.2, 0) is 12.8 Å². The van der Waals surface area contributed by atoms with E-state index in [9.17, 15) is 17.6 Å². The van der Waals surface area contributed by atoms with Gasteiger partial charge >= 0.3 is 6.18 Å². The first-order chi connectivity index (χ1) is 8.41. The predicted octanol–water partition coefficient (Wildman–Crippen LogP) is 2.86. The fourth-order valence-electron chi connectivity index (χ4n) is 1.32. The van der Waals surface area contributed by atoms with Crippen molar-refractivity contribution in [3.63, 3.8) is 0 Å². The van der Waals surface area contributed by atoms with Gasteiger partial charge in [-0.1, -0.05) is 6.07 Å². The Morgan fingerprint density at radius 1 is 1.28 bits per heavy atom. The van der Waals surface area contributed by atoms with Gasteiger partial charge in [-0.15, -0.1) is 0 Å². The first-order valence-corrected chi connectivity index (χ1v) is 5.49. The summed E-state index contributed by atoms with van der Waals surface area (Å²) in [7, 11) is 0. The number of hydrogen-bond acceptors (Lipinski definition) is 4. The number of aliphatic hydroxyl groups excluding tert-OH is 1. The minimum Gasteiger partial charge on any atom is -0.389 e. The number of rotatable bonds is 2. The molecule has 0 aliphatic carbocycles. The van der Waals surface area contributed by atoms with E-state index < -0.39 is 17.6 Å². The third kappa shape index (κ3) is 2.49. The van der Waals surface area contributed by atoms with Gasteiger partial charge in [-0.05, 0) is 23.7 Å². The molecule has 0 saturated heterocycles. The Morgan fingerprint density at radius 2 is 2.00 bits per heavy atom. The number of nitrogens with zero attached hydrogens (tertiary/aromatic N) is 2. The SMILES string of the molecule is OCc1nc(-c2ccc(C(F)(F)F)c(F)c2)ns1. The molecule has 0 aliphatic rings. The zero-order valence-corrected chi connectivity index (χ0v) is 9.52. The lowest BCUT2D eigenvalue weighted by Gasteiger charge is -2.08. The Labute approximate surface area is 103 Å². The number of aromatic nitrogens is 2. The summed E-state index contributed by atoms with van der Waals surface area (Å²) in [6.07, 6.45) is -4.73. The van der Waals surface area contributed by atoms with E-state index in [4.69, 9.17) is 5.11 Å². The third-order valence-electron chi connectivity index (χ3n) is 2.14. The number of halogens is 4. The van der Waals surface area contributed by atoms with Crippen LogP contribution >= 0.6 is 11.5 Å². The molecule has 0 amide bonds. The highest BCUT2D eigenvalue weighted by Gasteiger charge is 2.34. The molecule has 0 fully saturated rings. The van der Waals surface area contributed by atoms with Gasteiger partial charge in [0.25, 0.3) is 0 Å². The molecule has 8 heteroatoms. The lowest BCUT2D eigenvalue weighted by atomic mass is 10.1. The van der Waals surface area contributed by atoms with E-state index >= 15 is 0 Å². The van der Waals surface area contributed by atoms with Gasteiger partial charge in [0.05, 0.1) is 12.2 Å². The Morgan fingerprint density at radius 3 is 2.50 bits per heavy atom. The molecule has 0 saturated carbocycles. The third-order valence-corrected chi connectivity index (χ3v) is 2.83. The highest BCUT2D eigenvalue weighted by molar-refractivity contribution is 7.05. The van der Waals surface area contributed by atoms with Crippen LogP contribution in [0.25, 0.3) is 11.4 Å². The van der Waals surface area contributed by atoms with Crippen molar-refractivity contribution in [3.05, 3.63) is 34.6 Å². The van der Waals surface area contributed by atoms with Crippen molar-refractivity contribution in [1.82, 2.24) is 9.36 Å². The topological polar surface area (TPSA) is 46.0 Å². The second-order valence-electron chi connectivity index (χ2n) is 3.36. The lowest BCUT2D eigenvalue weighted by Crippen LogP contribution is -2.07. The van der Waals surface area contributed by atoms with Gasteiger partial charge in [0.2, 0.25) is 0 Å². The first kappa shape index (κ1) is 12.9. The molecular formula is C10H6F4N2OS. The van der Waals surface area contributed by atoms with Gasteiger partial charge in [-0.3, -0.25) is 0 Å². The van der Waals surface area contributed by atoms with Crippen LogP contribution in [0.3, 0.4) is 0 Å². The second kappa shape index (κ2) is 4.62. The molecule has 3 nitrogen and oxygen atoms in total. The summed E-state index contributed by atoms with van der Waals surface area (Å²) in [6.45, 7) is -0.319. The van der Waals surface area contributed by atoms with Crippen LogP contribution in [0.4, 0.5) is 17.6 Å². The standard InChI is InChI=1S/C10H6F4N2OS/c11-7-3-5(1-2-6(7)10(12,13)14)9-15-8(4-17)18-16-9/h1-3,17H,4H2. The average molecular weight is 278 g/mol. The highest BCUT2D eigenvalue weighted by atomic mass is 32.1. The average Bonchev–Trinajstić information content (AvgIpc) is 2.75. The van der Waals surface area contributed by atoms with E-state index in [0.29, 0.717) is 11.1 Å². The maximum atomic E-state index is 13.3. The Kier molecular flexibility index (Phi) is 3.31. The zero-order valence-electron chi connectivity index (χ0n) is 8.70. The molecule has 0 radical (unpaired) electrons. The van der Waals surface area contributed by atoms with E-state index in [-0.39, 0.29) is 18.0 Å². The van der Waals surface area contributed by atoms with Crippen LogP contribution in [0.2, 0.25) is 0 Å². The van der Waals surface area contributed by atoms with Gasteiger partial charge in [-0.25, -0.2) is 9.37 Å². The summed E-state index contributed by atoms with van der Waals surface area (Å²) < 4.78 is 54.1. The maximum Gasteiger partial charge on any atom is 0.419 e. The molecule has 96 valence electrons. The van der Waals surface area contributed by atoms with Crippen molar-refractivity contribution < 1.29 is 22.7 Å². The predicted molar refractivity (Wildman–Crippen MR) is 56.2 cm³/mol. The fraction of sp³-hybridized carbons (Fsp3) is 0.200. The van der Waals surface area contributed by atoms with Crippen LogP contribution in [0.5, 0.6) is 0 Å². The van der Waals surface area contributed by atoms with Crippen molar-refractivity contribution >= 4 is 11.5 Å². The molecule has 0 bridgehead atoms. The Balaban J connectivity index is 2.40. The molecule has 0 spiro atoms. The van der Waals surface area contributed by atoms with Crippen LogP contribution in [0.1, 0.15) is 10.6 Å². The molecular weight excluding hydrogens is 272 g/mol. The first-order valence-electron chi connectivity index (χ1n) is 4.72. The molecule has 1 heterocycles. The van der Waals surface area contributed by atoms with Crippen LogP contribution in [-0.4, -0.2) is 14.5 Å². The smallest absolute Gasteiger partial charge is 0.389 e. The maximum absolute atomic E-state index is 13.3. The van der Waals surface area contributed by atoms with Gasteiger partial charge in [-0.2, -0.15) is 17.5 Å². The van der Waals surface area contributed by atoms with E-state index in [1.54, 1.807) is 0 Å². The summed E-state index contributed by atoms with van der Waals surface area (Å²) in [5.41, 5.74) is -1.19. The summed E-state index contributed by atoms with van der Waals surface area (Å²) in [5.74, 6) is -1.28. The van der Waals surface area contributed by atoms with Crippen molar-refractivity contribution in [2.75, 3.05) is 0 Å². The van der Waals surface area contributed by atoms with Crippen molar-refractivity contribution in [3.8, 4) is 11.4 Å². The largest absolute Gasteiger partial charge is 0.419 e. The molecule has 1 N–H and O–H groups in total. The van der Waals surface area contributed by atoms with Crippen molar-refractivity contribution in [2.45, 2.75) is 12.8 Å². The van der Waals surface area contributed by atoms with Crippen molar-refractivity contribution in [2.24, 2.45) is 0 Å². The van der Waals surface area contributed by atoms with E-state index in [1.165, 1.54) is 0 Å². The van der Waals surface area contributed by atoms with E-state index in [2.05, 4.69) is 9.36 Å². The van der Waals surface area contributed by atoms with Crippen LogP contribution in [0.15, 0.2) is 18.2 Å². The van der Waals surface area contributed by atoms with Gasteiger partial charge < -0.3 is 5.11 Å². The van der Waals surface area contributed by atoms with Gasteiger partial charge in [0, 0.05) is 5.56 Å². The number of aliphatic hydroxyl groups is 1. The quantitative estimate of drug-likeness (QED) is 0.859. The molecule has 2 aromatic rings. The second-order valence-corrected chi connectivity index (χ2v) is 4.20. The Hall–Kier alpha value is -1.54. The van der Waals surface area contributed by atoms with Crippen molar-refractivity contribution in [1.29, 1.82) is 0 Å². The molecule has 1 aromatic carbocycles. The number of hydrogen-bond donors (Lipinski definition) is 1. The summed E-state index contributed by atoms with van der Waals surface area (Å²) in [6, 6.07) is 2.46. The van der Waals surface area contributed by atoms with Gasteiger partial charge in [0.15, 0.2) is 5.82 Å². The van der Waals surface area contributed by atoms with Crippen LogP contribution in [0, 0.1) is 5.82 Å². The molecule has 2 rings (SSSR count). The minimum atomic E-state index is -4.73.